The third-order valence-corrected chi connectivity index (χ3v) is 3.84. The summed E-state index contributed by atoms with van der Waals surface area (Å²) < 4.78 is 0. The lowest BCUT2D eigenvalue weighted by atomic mass is 10.1. The van der Waals surface area contributed by atoms with Crippen molar-refractivity contribution in [1.82, 2.24) is 0 Å². The molecule has 0 heterocycles. The van der Waals surface area contributed by atoms with Crippen molar-refractivity contribution in [3.05, 3.63) is 35.9 Å². The van der Waals surface area contributed by atoms with E-state index in [0.717, 1.165) is 11.3 Å². The highest BCUT2D eigenvalue weighted by Gasteiger charge is 2.10. The minimum absolute atomic E-state index is 0.172. The van der Waals surface area contributed by atoms with Gasteiger partial charge in [-0.05, 0) is 6.92 Å². The van der Waals surface area contributed by atoms with Gasteiger partial charge in [-0.15, -0.1) is 0 Å². The third-order valence-electron chi connectivity index (χ3n) is 2.48. The molecule has 0 bridgehead atoms. The van der Waals surface area contributed by atoms with E-state index in [2.05, 4.69) is 0 Å². The summed E-state index contributed by atoms with van der Waals surface area (Å²) in [5, 5.41) is 9.48. The molecule has 0 amide bonds. The van der Waals surface area contributed by atoms with Crippen LogP contribution in [-0.2, 0) is 0 Å². The highest BCUT2D eigenvalue weighted by molar-refractivity contribution is 7.99. The van der Waals surface area contributed by atoms with Crippen LogP contribution >= 0.6 is 11.8 Å². The zero-order valence-electron chi connectivity index (χ0n) is 9.72. The molecule has 1 rings (SSSR count). The first-order valence-electron chi connectivity index (χ1n) is 5.49. The number of carbonyl (C=O) groups excluding carboxylic acids is 1. The Bertz CT molecular complexity index is 322. The van der Waals surface area contributed by atoms with Crippen LogP contribution in [0.3, 0.4) is 0 Å². The zero-order valence-corrected chi connectivity index (χ0v) is 10.5. The van der Waals surface area contributed by atoms with Gasteiger partial charge in [0.05, 0.1) is 6.10 Å². The van der Waals surface area contributed by atoms with Crippen LogP contribution in [0.1, 0.15) is 30.6 Å². The van der Waals surface area contributed by atoms with E-state index in [0.29, 0.717) is 6.42 Å². The SMILES string of the molecule is CC(O)C(C)SCCC(=O)c1ccccc1. The molecular formula is C13H18O2S. The van der Waals surface area contributed by atoms with Crippen molar-refractivity contribution >= 4 is 17.5 Å². The van der Waals surface area contributed by atoms with Gasteiger partial charge in [0.2, 0.25) is 0 Å². The van der Waals surface area contributed by atoms with E-state index in [4.69, 9.17) is 0 Å². The minimum atomic E-state index is -0.322. The van der Waals surface area contributed by atoms with E-state index < -0.39 is 0 Å². The molecule has 0 radical (unpaired) electrons. The predicted octanol–water partition coefficient (Wildman–Crippen LogP) is 2.76. The smallest absolute Gasteiger partial charge is 0.163 e. The quantitative estimate of drug-likeness (QED) is 0.774. The Morgan fingerprint density at radius 3 is 2.50 bits per heavy atom. The van der Waals surface area contributed by atoms with Crippen molar-refractivity contribution in [3.63, 3.8) is 0 Å². The topological polar surface area (TPSA) is 37.3 Å². The molecule has 0 fully saturated rings. The summed E-state index contributed by atoms with van der Waals surface area (Å²) in [7, 11) is 0. The number of rotatable bonds is 6. The molecule has 0 saturated heterocycles. The molecule has 16 heavy (non-hydrogen) atoms. The summed E-state index contributed by atoms with van der Waals surface area (Å²) >= 11 is 1.64. The van der Waals surface area contributed by atoms with Gasteiger partial charge in [0.1, 0.15) is 0 Å². The van der Waals surface area contributed by atoms with Crippen LogP contribution in [0.5, 0.6) is 0 Å². The summed E-state index contributed by atoms with van der Waals surface area (Å²) in [5.41, 5.74) is 0.771. The van der Waals surface area contributed by atoms with Crippen LogP contribution in [0.15, 0.2) is 30.3 Å². The summed E-state index contributed by atoms with van der Waals surface area (Å²) in [6.45, 7) is 3.75. The molecule has 2 unspecified atom stereocenters. The largest absolute Gasteiger partial charge is 0.392 e. The van der Waals surface area contributed by atoms with Crippen molar-refractivity contribution in [2.45, 2.75) is 31.6 Å². The van der Waals surface area contributed by atoms with Gasteiger partial charge in [-0.25, -0.2) is 0 Å². The highest BCUT2D eigenvalue weighted by Crippen LogP contribution is 2.16. The normalized spacial score (nSPS) is 14.4. The van der Waals surface area contributed by atoms with Gasteiger partial charge in [0, 0.05) is 23.0 Å². The maximum atomic E-state index is 11.7. The molecule has 0 aliphatic rings. The molecule has 2 atom stereocenters. The first-order valence-corrected chi connectivity index (χ1v) is 6.54. The van der Waals surface area contributed by atoms with Crippen molar-refractivity contribution < 1.29 is 9.90 Å². The maximum Gasteiger partial charge on any atom is 0.163 e. The van der Waals surface area contributed by atoms with Crippen LogP contribution in [0.4, 0.5) is 0 Å². The lowest BCUT2D eigenvalue weighted by Crippen LogP contribution is -2.16. The number of aliphatic hydroxyl groups excluding tert-OH is 1. The van der Waals surface area contributed by atoms with Crippen molar-refractivity contribution in [3.8, 4) is 0 Å². The fraction of sp³-hybridized carbons (Fsp3) is 0.462. The van der Waals surface area contributed by atoms with E-state index in [1.165, 1.54) is 0 Å². The second-order valence-electron chi connectivity index (χ2n) is 3.86. The average Bonchev–Trinajstić information content (AvgIpc) is 2.29. The van der Waals surface area contributed by atoms with Gasteiger partial charge in [-0.2, -0.15) is 11.8 Å². The van der Waals surface area contributed by atoms with Crippen LogP contribution < -0.4 is 0 Å². The standard InChI is InChI=1S/C13H18O2S/c1-10(14)11(2)16-9-8-13(15)12-6-4-3-5-7-12/h3-7,10-11,14H,8-9H2,1-2H3. The Balaban J connectivity index is 2.31. The highest BCUT2D eigenvalue weighted by atomic mass is 32.2. The number of ketones is 1. The van der Waals surface area contributed by atoms with E-state index in [1.54, 1.807) is 18.7 Å². The van der Waals surface area contributed by atoms with Crippen molar-refractivity contribution in [1.29, 1.82) is 0 Å². The van der Waals surface area contributed by atoms with Gasteiger partial charge in [0.15, 0.2) is 5.78 Å². The number of benzene rings is 1. The van der Waals surface area contributed by atoms with E-state index in [1.807, 2.05) is 37.3 Å². The van der Waals surface area contributed by atoms with Gasteiger partial charge >= 0.3 is 0 Å². The number of thioether (sulfide) groups is 1. The summed E-state index contributed by atoms with van der Waals surface area (Å²) in [6, 6.07) is 9.33. The lowest BCUT2D eigenvalue weighted by Gasteiger charge is -2.13. The lowest BCUT2D eigenvalue weighted by molar-refractivity contribution is 0.0989. The fourth-order valence-corrected chi connectivity index (χ4v) is 2.20. The Morgan fingerprint density at radius 2 is 1.94 bits per heavy atom. The third kappa shape index (κ3) is 4.37. The van der Waals surface area contributed by atoms with Crippen molar-refractivity contribution in [2.75, 3.05) is 5.75 Å². The molecule has 88 valence electrons. The van der Waals surface area contributed by atoms with Crippen LogP contribution in [0, 0.1) is 0 Å². The predicted molar refractivity (Wildman–Crippen MR) is 69.0 cm³/mol. The number of carbonyl (C=O) groups is 1. The van der Waals surface area contributed by atoms with Gasteiger partial charge < -0.3 is 5.11 Å². The first-order chi connectivity index (χ1) is 7.61. The second-order valence-corrected chi connectivity index (χ2v) is 5.34. The fourth-order valence-electron chi connectivity index (χ4n) is 1.25. The van der Waals surface area contributed by atoms with E-state index in [-0.39, 0.29) is 17.1 Å². The van der Waals surface area contributed by atoms with Gasteiger partial charge in [-0.1, -0.05) is 37.3 Å². The number of hydrogen-bond acceptors (Lipinski definition) is 3. The molecule has 0 aliphatic carbocycles. The Hall–Kier alpha value is -0.800. The second kappa shape index (κ2) is 6.71. The molecular weight excluding hydrogens is 220 g/mol. The molecule has 0 saturated carbocycles. The van der Waals surface area contributed by atoms with Crippen molar-refractivity contribution in [2.24, 2.45) is 0 Å². The van der Waals surface area contributed by atoms with E-state index >= 15 is 0 Å². The molecule has 1 N–H and O–H groups in total. The molecule has 0 aromatic heterocycles. The van der Waals surface area contributed by atoms with Gasteiger partial charge in [-0.3, -0.25) is 4.79 Å². The molecule has 0 spiro atoms. The molecule has 1 aromatic carbocycles. The summed E-state index contributed by atoms with van der Waals surface area (Å²) in [5.74, 6) is 0.936. The van der Waals surface area contributed by atoms with Crippen LogP contribution in [0.2, 0.25) is 0 Å². The van der Waals surface area contributed by atoms with Crippen LogP contribution in [-0.4, -0.2) is 28.0 Å². The number of hydrogen-bond donors (Lipinski definition) is 1. The Morgan fingerprint density at radius 1 is 1.31 bits per heavy atom. The number of aliphatic hydroxyl groups is 1. The molecule has 0 aliphatic heterocycles. The Kier molecular flexibility index (Phi) is 5.56. The molecule has 2 nitrogen and oxygen atoms in total. The first kappa shape index (κ1) is 13.3. The summed E-state index contributed by atoms with van der Waals surface area (Å²) in [6.07, 6.45) is 0.211. The zero-order chi connectivity index (χ0) is 12.0. The molecule has 3 heteroatoms. The Labute approximate surface area is 101 Å². The maximum absolute atomic E-state index is 11.7. The summed E-state index contributed by atoms with van der Waals surface area (Å²) in [4.78, 5) is 11.7. The number of Topliss-reactive ketones (excluding diaryl/α,β-unsaturated/α-hetero) is 1. The van der Waals surface area contributed by atoms with E-state index in [9.17, 15) is 9.90 Å². The molecule has 1 aromatic rings. The van der Waals surface area contributed by atoms with Gasteiger partial charge in [0.25, 0.3) is 0 Å². The average molecular weight is 238 g/mol. The minimum Gasteiger partial charge on any atom is -0.392 e. The monoisotopic (exact) mass is 238 g/mol. The van der Waals surface area contributed by atoms with Crippen LogP contribution in [0.25, 0.3) is 0 Å².